The second-order valence-corrected chi connectivity index (χ2v) is 3.89. The molecule has 0 bridgehead atoms. The number of aryl methyl sites for hydroxylation is 2. The van der Waals surface area contributed by atoms with Gasteiger partial charge < -0.3 is 9.55 Å². The number of imidazole rings is 1. The number of rotatable bonds is 3. The molecule has 0 unspecified atom stereocenters. The number of hydrogen-bond acceptors (Lipinski definition) is 2. The van der Waals surface area contributed by atoms with E-state index in [4.69, 9.17) is 12.2 Å². The highest BCUT2D eigenvalue weighted by molar-refractivity contribution is 7.71. The third-order valence-electron chi connectivity index (χ3n) is 2.41. The summed E-state index contributed by atoms with van der Waals surface area (Å²) in [4.78, 5) is 3.06. The highest BCUT2D eigenvalue weighted by Crippen LogP contribution is 2.06. The molecule has 0 atom stereocenters. The van der Waals surface area contributed by atoms with Crippen LogP contribution in [0.1, 0.15) is 18.3 Å². The Morgan fingerprint density at radius 1 is 1.53 bits per heavy atom. The summed E-state index contributed by atoms with van der Waals surface area (Å²) in [5, 5.41) is 4.34. The van der Waals surface area contributed by atoms with Gasteiger partial charge in [-0.1, -0.05) is 6.92 Å². The zero-order chi connectivity index (χ0) is 10.8. The number of aromatic nitrogens is 4. The van der Waals surface area contributed by atoms with E-state index in [9.17, 15) is 0 Å². The van der Waals surface area contributed by atoms with Crippen LogP contribution in [0.4, 0.5) is 0 Å². The van der Waals surface area contributed by atoms with Crippen LogP contribution in [0.25, 0.3) is 0 Å². The molecule has 0 fully saturated rings. The Bertz CT molecular complexity index is 505. The molecule has 0 spiro atoms. The monoisotopic (exact) mass is 222 g/mol. The van der Waals surface area contributed by atoms with Crippen LogP contribution in [0.5, 0.6) is 0 Å². The Labute approximate surface area is 93.6 Å². The summed E-state index contributed by atoms with van der Waals surface area (Å²) >= 11 is 5.22. The smallest absolute Gasteiger partial charge is 0.177 e. The van der Waals surface area contributed by atoms with E-state index in [1.54, 1.807) is 4.68 Å². The van der Waals surface area contributed by atoms with Crippen LogP contribution in [0.2, 0.25) is 0 Å². The van der Waals surface area contributed by atoms with Gasteiger partial charge in [-0.2, -0.15) is 5.10 Å². The van der Waals surface area contributed by atoms with Gasteiger partial charge in [0.1, 0.15) is 0 Å². The average molecular weight is 222 g/mol. The molecule has 0 aliphatic carbocycles. The van der Waals surface area contributed by atoms with E-state index in [1.165, 1.54) is 5.69 Å². The van der Waals surface area contributed by atoms with Crippen molar-refractivity contribution in [1.82, 2.24) is 19.3 Å². The van der Waals surface area contributed by atoms with E-state index in [-0.39, 0.29) is 0 Å². The Morgan fingerprint density at radius 2 is 2.33 bits per heavy atom. The van der Waals surface area contributed by atoms with Gasteiger partial charge in [0.15, 0.2) is 4.77 Å². The molecule has 4 nitrogen and oxygen atoms in total. The van der Waals surface area contributed by atoms with Crippen molar-refractivity contribution >= 4 is 12.2 Å². The number of H-pyrrole nitrogens is 1. The normalized spacial score (nSPS) is 10.8. The Kier molecular flexibility index (Phi) is 2.73. The van der Waals surface area contributed by atoms with E-state index in [2.05, 4.69) is 21.6 Å². The molecule has 80 valence electrons. The van der Waals surface area contributed by atoms with Gasteiger partial charge >= 0.3 is 0 Å². The van der Waals surface area contributed by atoms with Crippen LogP contribution in [0.15, 0.2) is 18.5 Å². The van der Waals surface area contributed by atoms with Crippen LogP contribution in [-0.2, 0) is 20.0 Å². The maximum atomic E-state index is 5.22. The highest BCUT2D eigenvalue weighted by Gasteiger charge is 2.04. The van der Waals surface area contributed by atoms with Gasteiger partial charge in [-0.25, -0.2) is 0 Å². The van der Waals surface area contributed by atoms with Gasteiger partial charge in [0.25, 0.3) is 0 Å². The van der Waals surface area contributed by atoms with Crippen molar-refractivity contribution in [1.29, 1.82) is 0 Å². The number of nitrogens with zero attached hydrogens (tertiary/aromatic N) is 3. The zero-order valence-corrected chi connectivity index (χ0v) is 9.71. The zero-order valence-electron chi connectivity index (χ0n) is 8.90. The third kappa shape index (κ3) is 2.02. The number of hydrogen-bond donors (Lipinski definition) is 1. The first-order valence-corrected chi connectivity index (χ1v) is 5.37. The fourth-order valence-electron chi connectivity index (χ4n) is 1.61. The van der Waals surface area contributed by atoms with Gasteiger partial charge in [-0.15, -0.1) is 0 Å². The van der Waals surface area contributed by atoms with Gasteiger partial charge in [-0.3, -0.25) is 4.68 Å². The lowest BCUT2D eigenvalue weighted by Crippen LogP contribution is -2.04. The van der Waals surface area contributed by atoms with Gasteiger partial charge in [0, 0.05) is 25.1 Å². The molecule has 0 aliphatic heterocycles. The number of nitrogens with one attached hydrogen (secondary N) is 1. The summed E-state index contributed by atoms with van der Waals surface area (Å²) in [5.41, 5.74) is 2.24. The second-order valence-electron chi connectivity index (χ2n) is 3.51. The third-order valence-corrected chi connectivity index (χ3v) is 2.74. The van der Waals surface area contributed by atoms with Crippen molar-refractivity contribution in [2.75, 3.05) is 0 Å². The quantitative estimate of drug-likeness (QED) is 0.805. The maximum absolute atomic E-state index is 5.22. The molecule has 2 aromatic heterocycles. The minimum Gasteiger partial charge on any atom is -0.337 e. The molecule has 5 heteroatoms. The van der Waals surface area contributed by atoms with Gasteiger partial charge in [0.05, 0.1) is 12.2 Å². The highest BCUT2D eigenvalue weighted by atomic mass is 32.1. The molecule has 2 aromatic rings. The molecule has 2 heterocycles. The molecule has 0 saturated heterocycles. The van der Waals surface area contributed by atoms with E-state index in [0.717, 1.165) is 23.4 Å². The van der Waals surface area contributed by atoms with Crippen molar-refractivity contribution in [3.8, 4) is 0 Å². The average Bonchev–Trinajstić information content (AvgIpc) is 2.76. The summed E-state index contributed by atoms with van der Waals surface area (Å²) in [6.45, 7) is 2.86. The van der Waals surface area contributed by atoms with Crippen LogP contribution < -0.4 is 0 Å². The van der Waals surface area contributed by atoms with Crippen LogP contribution in [-0.4, -0.2) is 19.3 Å². The van der Waals surface area contributed by atoms with Crippen LogP contribution in [0.3, 0.4) is 0 Å². The molecule has 0 aliphatic rings. The lowest BCUT2D eigenvalue weighted by molar-refractivity contribution is 0.682. The predicted octanol–water partition coefficient (Wildman–Crippen LogP) is 1.89. The lowest BCUT2D eigenvalue weighted by Gasteiger charge is -2.03. The molecule has 1 N–H and O–H groups in total. The van der Waals surface area contributed by atoms with Gasteiger partial charge in [0.2, 0.25) is 0 Å². The fraction of sp³-hybridized carbons (Fsp3) is 0.400. The Morgan fingerprint density at radius 3 is 2.93 bits per heavy atom. The van der Waals surface area contributed by atoms with Crippen molar-refractivity contribution < 1.29 is 0 Å². The van der Waals surface area contributed by atoms with Crippen molar-refractivity contribution in [2.45, 2.75) is 19.9 Å². The van der Waals surface area contributed by atoms with E-state index in [0.29, 0.717) is 0 Å². The largest absolute Gasteiger partial charge is 0.337 e. The first kappa shape index (κ1) is 10.2. The summed E-state index contributed by atoms with van der Waals surface area (Å²) in [7, 11) is 1.92. The van der Waals surface area contributed by atoms with Crippen LogP contribution in [0, 0.1) is 4.77 Å². The molecule has 0 saturated carbocycles. The predicted molar refractivity (Wildman–Crippen MR) is 61.3 cm³/mol. The Hall–Kier alpha value is -1.36. The first-order chi connectivity index (χ1) is 7.20. The molecule has 0 amide bonds. The van der Waals surface area contributed by atoms with Crippen molar-refractivity contribution in [2.24, 2.45) is 7.05 Å². The number of aromatic amines is 1. The molecule has 0 radical (unpaired) electrons. The molecule has 15 heavy (non-hydrogen) atoms. The van der Waals surface area contributed by atoms with Crippen LogP contribution >= 0.6 is 12.2 Å². The lowest BCUT2D eigenvalue weighted by atomic mass is 10.3. The van der Waals surface area contributed by atoms with E-state index in [1.807, 2.05) is 25.5 Å². The molecule has 2 rings (SSSR count). The summed E-state index contributed by atoms with van der Waals surface area (Å²) < 4.78 is 4.65. The second kappa shape index (κ2) is 4.02. The summed E-state index contributed by atoms with van der Waals surface area (Å²) in [6.07, 6.45) is 4.88. The van der Waals surface area contributed by atoms with E-state index < -0.39 is 0 Å². The fourth-order valence-corrected chi connectivity index (χ4v) is 1.85. The van der Waals surface area contributed by atoms with Crippen molar-refractivity contribution in [3.05, 3.63) is 34.6 Å². The summed E-state index contributed by atoms with van der Waals surface area (Å²) in [5.74, 6) is 0. The van der Waals surface area contributed by atoms with Gasteiger partial charge in [-0.05, 0) is 24.7 Å². The van der Waals surface area contributed by atoms with E-state index >= 15 is 0 Å². The minimum absolute atomic E-state index is 0.742. The minimum atomic E-state index is 0.742. The molecular weight excluding hydrogens is 208 g/mol. The SMILES string of the molecule is CCc1c[nH]c(=S)n1Cc1ccn(C)n1. The Balaban J connectivity index is 2.31. The van der Waals surface area contributed by atoms with Crippen molar-refractivity contribution in [3.63, 3.8) is 0 Å². The molecular formula is C10H14N4S. The molecule has 0 aromatic carbocycles. The topological polar surface area (TPSA) is 38.5 Å². The summed E-state index contributed by atoms with van der Waals surface area (Å²) in [6, 6.07) is 2.01. The standard InChI is InChI=1S/C10H14N4S/c1-3-9-6-11-10(15)14(9)7-8-4-5-13(2)12-8/h4-6H,3,7H2,1-2H3,(H,11,15). The first-order valence-electron chi connectivity index (χ1n) is 4.96. The maximum Gasteiger partial charge on any atom is 0.177 e.